The van der Waals surface area contributed by atoms with Crippen LogP contribution in [0.1, 0.15) is 28.9 Å². The van der Waals surface area contributed by atoms with E-state index in [9.17, 15) is 19.8 Å². The molecule has 2 atom stereocenters. The van der Waals surface area contributed by atoms with Gasteiger partial charge in [0.2, 0.25) is 0 Å². The molecule has 0 aliphatic carbocycles. The molecule has 0 saturated heterocycles. The van der Waals surface area contributed by atoms with Crippen molar-refractivity contribution in [1.29, 1.82) is 0 Å². The summed E-state index contributed by atoms with van der Waals surface area (Å²) in [6, 6.07) is 5.91. The molecule has 3 N–H and O–H groups in total. The zero-order valence-corrected chi connectivity index (χ0v) is 10.6. The Morgan fingerprint density at radius 1 is 1.28 bits per heavy atom. The summed E-state index contributed by atoms with van der Waals surface area (Å²) in [6.07, 6.45) is -2.52. The highest BCUT2D eigenvalue weighted by Gasteiger charge is 2.23. The van der Waals surface area contributed by atoms with E-state index >= 15 is 0 Å². The summed E-state index contributed by atoms with van der Waals surface area (Å²) in [6.45, 7) is 1.36. The lowest BCUT2D eigenvalue weighted by atomic mass is 9.99. The minimum Gasteiger partial charge on any atom is -0.478 e. The van der Waals surface area contributed by atoms with Crippen LogP contribution in [-0.4, -0.2) is 38.3 Å². The van der Waals surface area contributed by atoms with Crippen molar-refractivity contribution in [3.63, 3.8) is 0 Å². The first kappa shape index (κ1) is 14.7. The second-order valence-corrected chi connectivity index (χ2v) is 4.90. The van der Waals surface area contributed by atoms with Crippen molar-refractivity contribution in [3.05, 3.63) is 35.4 Å². The molecule has 1 aromatic carbocycles. The van der Waals surface area contributed by atoms with Crippen molar-refractivity contribution in [2.24, 2.45) is 0 Å². The van der Waals surface area contributed by atoms with Gasteiger partial charge >= 0.3 is 5.97 Å². The largest absolute Gasteiger partial charge is 0.478 e. The Hall–Kier alpha value is -1.37. The number of thioether (sulfide) groups is 1. The number of rotatable bonds is 5. The van der Waals surface area contributed by atoms with Gasteiger partial charge < -0.3 is 15.3 Å². The van der Waals surface area contributed by atoms with Crippen molar-refractivity contribution in [1.82, 2.24) is 0 Å². The summed E-state index contributed by atoms with van der Waals surface area (Å²) in [5.41, 5.74) is 0.0820. The first-order valence-electron chi connectivity index (χ1n) is 5.25. The number of aromatic carboxylic acids is 1. The molecule has 0 bridgehead atoms. The van der Waals surface area contributed by atoms with Crippen LogP contribution in [0.25, 0.3) is 0 Å². The van der Waals surface area contributed by atoms with Crippen LogP contribution in [0.4, 0.5) is 0 Å². The SMILES string of the molecule is CC(=O)SCC(O)C(O)c1ccccc1C(=O)O. The second-order valence-electron chi connectivity index (χ2n) is 3.71. The van der Waals surface area contributed by atoms with Gasteiger partial charge in [-0.25, -0.2) is 4.79 Å². The maximum absolute atomic E-state index is 11.0. The Kier molecular flexibility index (Phi) is 5.33. The highest BCUT2D eigenvalue weighted by Crippen LogP contribution is 2.23. The van der Waals surface area contributed by atoms with Gasteiger partial charge in [-0.05, 0) is 11.6 Å². The number of carbonyl (C=O) groups excluding carboxylic acids is 1. The number of carbonyl (C=O) groups is 2. The van der Waals surface area contributed by atoms with Gasteiger partial charge in [0, 0.05) is 12.7 Å². The van der Waals surface area contributed by atoms with Crippen molar-refractivity contribution in [2.45, 2.75) is 19.1 Å². The monoisotopic (exact) mass is 270 g/mol. The number of carboxylic acids is 1. The van der Waals surface area contributed by atoms with E-state index in [1.165, 1.54) is 25.1 Å². The van der Waals surface area contributed by atoms with Crippen molar-refractivity contribution in [2.75, 3.05) is 5.75 Å². The van der Waals surface area contributed by atoms with Crippen molar-refractivity contribution in [3.8, 4) is 0 Å². The molecule has 1 aromatic rings. The minimum atomic E-state index is -1.33. The van der Waals surface area contributed by atoms with E-state index in [2.05, 4.69) is 0 Å². The van der Waals surface area contributed by atoms with E-state index in [1.54, 1.807) is 6.07 Å². The Morgan fingerprint density at radius 3 is 2.44 bits per heavy atom. The van der Waals surface area contributed by atoms with Gasteiger partial charge in [-0.2, -0.15) is 0 Å². The van der Waals surface area contributed by atoms with Crippen LogP contribution in [0, 0.1) is 0 Å². The van der Waals surface area contributed by atoms with Crippen LogP contribution in [0.2, 0.25) is 0 Å². The fourth-order valence-corrected chi connectivity index (χ4v) is 2.04. The topological polar surface area (TPSA) is 94.8 Å². The van der Waals surface area contributed by atoms with Crippen LogP contribution in [-0.2, 0) is 4.79 Å². The molecule has 1 rings (SSSR count). The Morgan fingerprint density at radius 2 is 1.89 bits per heavy atom. The van der Waals surface area contributed by atoms with Gasteiger partial charge in [-0.1, -0.05) is 30.0 Å². The highest BCUT2D eigenvalue weighted by atomic mass is 32.2. The number of benzene rings is 1. The molecule has 6 heteroatoms. The van der Waals surface area contributed by atoms with Crippen molar-refractivity contribution >= 4 is 22.8 Å². The molecule has 2 unspecified atom stereocenters. The summed E-state index contributed by atoms with van der Waals surface area (Å²) >= 11 is 0.880. The van der Waals surface area contributed by atoms with Crippen LogP contribution in [0.3, 0.4) is 0 Å². The lowest BCUT2D eigenvalue weighted by Crippen LogP contribution is -2.23. The molecule has 0 spiro atoms. The molecule has 0 aromatic heterocycles. The van der Waals surface area contributed by atoms with Gasteiger partial charge in [0.05, 0.1) is 11.7 Å². The molecule has 0 aliphatic heterocycles. The van der Waals surface area contributed by atoms with E-state index < -0.39 is 18.2 Å². The lowest BCUT2D eigenvalue weighted by molar-refractivity contribution is -0.109. The Labute approximate surface area is 108 Å². The predicted molar refractivity (Wildman–Crippen MR) is 67.5 cm³/mol. The smallest absolute Gasteiger partial charge is 0.336 e. The zero-order chi connectivity index (χ0) is 13.7. The van der Waals surface area contributed by atoms with Gasteiger partial charge in [0.25, 0.3) is 0 Å². The van der Waals surface area contributed by atoms with E-state index in [1.807, 2.05) is 0 Å². The van der Waals surface area contributed by atoms with E-state index in [-0.39, 0.29) is 22.0 Å². The predicted octanol–water partition coefficient (Wildman–Crippen LogP) is 1.06. The molecular weight excluding hydrogens is 256 g/mol. The number of carboxylic acid groups (broad SMARTS) is 1. The molecule has 0 aliphatic rings. The summed E-state index contributed by atoms with van der Waals surface area (Å²) in [7, 11) is 0. The molecule has 0 radical (unpaired) electrons. The quantitative estimate of drug-likeness (QED) is 0.740. The first-order valence-corrected chi connectivity index (χ1v) is 6.23. The fraction of sp³-hybridized carbons (Fsp3) is 0.333. The van der Waals surface area contributed by atoms with Gasteiger partial charge in [-0.3, -0.25) is 4.79 Å². The van der Waals surface area contributed by atoms with Crippen LogP contribution < -0.4 is 0 Å². The first-order chi connectivity index (χ1) is 8.43. The third-order valence-electron chi connectivity index (χ3n) is 2.33. The molecule has 5 nitrogen and oxygen atoms in total. The molecule has 98 valence electrons. The van der Waals surface area contributed by atoms with Crippen molar-refractivity contribution < 1.29 is 24.9 Å². The van der Waals surface area contributed by atoms with E-state index in [0.717, 1.165) is 11.8 Å². The fourth-order valence-electron chi connectivity index (χ4n) is 1.45. The number of hydrogen-bond acceptors (Lipinski definition) is 5. The summed E-state index contributed by atoms with van der Waals surface area (Å²) in [5, 5.41) is 28.4. The molecule has 0 amide bonds. The molecule has 0 fully saturated rings. The third-order valence-corrected chi connectivity index (χ3v) is 3.25. The van der Waals surface area contributed by atoms with Gasteiger partial charge in [0.1, 0.15) is 6.10 Å². The third kappa shape index (κ3) is 3.83. The van der Waals surface area contributed by atoms with Gasteiger partial charge in [-0.15, -0.1) is 0 Å². The van der Waals surface area contributed by atoms with E-state index in [4.69, 9.17) is 5.11 Å². The molecule has 0 saturated carbocycles. The van der Waals surface area contributed by atoms with Crippen LogP contribution in [0.5, 0.6) is 0 Å². The standard InChI is InChI=1S/C12H14O5S/c1-7(13)18-6-10(14)11(15)8-4-2-3-5-9(8)12(16)17/h2-5,10-11,14-15H,6H2,1H3,(H,16,17). The molecule has 0 heterocycles. The second kappa shape index (κ2) is 6.53. The number of hydrogen-bond donors (Lipinski definition) is 3. The maximum Gasteiger partial charge on any atom is 0.336 e. The summed E-state index contributed by atoms with van der Waals surface area (Å²) < 4.78 is 0. The van der Waals surface area contributed by atoms with Gasteiger partial charge in [0.15, 0.2) is 5.12 Å². The number of aliphatic hydroxyl groups is 2. The minimum absolute atomic E-state index is 0.0183. The van der Waals surface area contributed by atoms with Crippen LogP contribution in [0.15, 0.2) is 24.3 Å². The lowest BCUT2D eigenvalue weighted by Gasteiger charge is -2.18. The molecular formula is C12H14O5S. The van der Waals surface area contributed by atoms with Crippen LogP contribution >= 0.6 is 11.8 Å². The Balaban J connectivity index is 2.86. The highest BCUT2D eigenvalue weighted by molar-refractivity contribution is 8.13. The van der Waals surface area contributed by atoms with E-state index in [0.29, 0.717) is 0 Å². The molecule has 18 heavy (non-hydrogen) atoms. The summed E-state index contributed by atoms with van der Waals surface area (Å²) in [4.78, 5) is 21.7. The normalized spacial score (nSPS) is 13.9. The summed E-state index contributed by atoms with van der Waals surface area (Å²) in [5.74, 6) is -1.15. The number of aliphatic hydroxyl groups excluding tert-OH is 2. The maximum atomic E-state index is 11.0. The average molecular weight is 270 g/mol. The zero-order valence-electron chi connectivity index (χ0n) is 9.74. The Bertz CT molecular complexity index is 446. The average Bonchev–Trinajstić information content (AvgIpc) is 2.34.